The molecule has 0 amide bonds. The van der Waals surface area contributed by atoms with Gasteiger partial charge >= 0.3 is 0 Å². The molecule has 0 aliphatic heterocycles. The summed E-state index contributed by atoms with van der Waals surface area (Å²) in [5.41, 5.74) is 0.943. The fourth-order valence-corrected chi connectivity index (χ4v) is 1.03. The minimum absolute atomic E-state index is 0.358. The van der Waals surface area contributed by atoms with Gasteiger partial charge in [-0.15, -0.1) is 0 Å². The Morgan fingerprint density at radius 3 is 2.31 bits per heavy atom. The van der Waals surface area contributed by atoms with E-state index in [-0.39, 0.29) is 0 Å². The standard InChI is InChI=1S/C10H16N2O/c1-11(2)12(3)8-9-6-4-5-7-10(9)13/h4-7,13H,8H2,1-3H3. The highest BCUT2D eigenvalue weighted by atomic mass is 16.3. The van der Waals surface area contributed by atoms with Crippen molar-refractivity contribution in [1.29, 1.82) is 0 Å². The van der Waals surface area contributed by atoms with Crippen molar-refractivity contribution in [3.8, 4) is 5.75 Å². The van der Waals surface area contributed by atoms with E-state index in [9.17, 15) is 5.11 Å². The Hall–Kier alpha value is -1.06. The molecule has 0 saturated heterocycles. The van der Waals surface area contributed by atoms with Crippen LogP contribution in [-0.2, 0) is 6.54 Å². The molecule has 72 valence electrons. The average Bonchev–Trinajstić information content (AvgIpc) is 2.08. The molecular weight excluding hydrogens is 164 g/mol. The number of rotatable bonds is 3. The third-order valence-electron chi connectivity index (χ3n) is 2.07. The van der Waals surface area contributed by atoms with Crippen molar-refractivity contribution in [2.24, 2.45) is 0 Å². The first-order valence-corrected chi connectivity index (χ1v) is 4.26. The largest absolute Gasteiger partial charge is 0.508 e. The van der Waals surface area contributed by atoms with Gasteiger partial charge in [-0.25, -0.2) is 10.0 Å². The summed E-state index contributed by atoms with van der Waals surface area (Å²) in [6.07, 6.45) is 0. The lowest BCUT2D eigenvalue weighted by Gasteiger charge is -2.24. The molecule has 3 heteroatoms. The Morgan fingerprint density at radius 1 is 1.15 bits per heavy atom. The molecule has 13 heavy (non-hydrogen) atoms. The SMILES string of the molecule is CN(C)N(C)Cc1ccccc1O. The third-order valence-corrected chi connectivity index (χ3v) is 2.07. The molecule has 0 unspecified atom stereocenters. The number of phenols is 1. The van der Waals surface area contributed by atoms with E-state index >= 15 is 0 Å². The Morgan fingerprint density at radius 2 is 1.77 bits per heavy atom. The topological polar surface area (TPSA) is 26.7 Å². The van der Waals surface area contributed by atoms with Crippen LogP contribution in [0.5, 0.6) is 5.75 Å². The third kappa shape index (κ3) is 2.72. The van der Waals surface area contributed by atoms with Crippen molar-refractivity contribution >= 4 is 0 Å². The van der Waals surface area contributed by atoms with Crippen molar-refractivity contribution in [2.75, 3.05) is 21.1 Å². The zero-order valence-corrected chi connectivity index (χ0v) is 8.36. The molecule has 0 spiro atoms. The normalized spacial score (nSPS) is 11.2. The number of phenolic OH excluding ortho intramolecular Hbond substituents is 1. The fourth-order valence-electron chi connectivity index (χ4n) is 1.03. The maximum absolute atomic E-state index is 9.50. The highest BCUT2D eigenvalue weighted by Crippen LogP contribution is 2.16. The summed E-state index contributed by atoms with van der Waals surface area (Å²) in [6.45, 7) is 0.722. The summed E-state index contributed by atoms with van der Waals surface area (Å²) in [5, 5.41) is 13.5. The second kappa shape index (κ2) is 4.25. The van der Waals surface area contributed by atoms with Gasteiger partial charge in [0, 0.05) is 33.3 Å². The second-order valence-electron chi connectivity index (χ2n) is 3.29. The summed E-state index contributed by atoms with van der Waals surface area (Å²) in [5.74, 6) is 0.358. The molecule has 0 atom stereocenters. The van der Waals surface area contributed by atoms with Crippen LogP contribution < -0.4 is 0 Å². The van der Waals surface area contributed by atoms with Gasteiger partial charge in [-0.05, 0) is 6.07 Å². The summed E-state index contributed by atoms with van der Waals surface area (Å²) < 4.78 is 0. The molecule has 3 nitrogen and oxygen atoms in total. The van der Waals surface area contributed by atoms with Gasteiger partial charge in [0.25, 0.3) is 0 Å². The van der Waals surface area contributed by atoms with Crippen molar-refractivity contribution in [2.45, 2.75) is 6.54 Å². The molecule has 1 aromatic carbocycles. The molecule has 0 heterocycles. The summed E-state index contributed by atoms with van der Waals surface area (Å²) in [4.78, 5) is 0. The lowest BCUT2D eigenvalue weighted by molar-refractivity contribution is 0.0469. The van der Waals surface area contributed by atoms with E-state index in [1.165, 1.54) is 0 Å². The molecule has 1 aromatic rings. The van der Waals surface area contributed by atoms with Crippen molar-refractivity contribution in [3.63, 3.8) is 0 Å². The van der Waals surface area contributed by atoms with Crippen LogP contribution >= 0.6 is 0 Å². The number of benzene rings is 1. The Balaban J connectivity index is 2.69. The minimum Gasteiger partial charge on any atom is -0.508 e. The second-order valence-corrected chi connectivity index (χ2v) is 3.29. The van der Waals surface area contributed by atoms with Crippen LogP contribution in [0.4, 0.5) is 0 Å². The lowest BCUT2D eigenvalue weighted by atomic mass is 10.2. The van der Waals surface area contributed by atoms with Crippen LogP contribution in [0.2, 0.25) is 0 Å². The quantitative estimate of drug-likeness (QED) is 0.710. The van der Waals surface area contributed by atoms with E-state index in [1.54, 1.807) is 6.07 Å². The first-order valence-electron chi connectivity index (χ1n) is 4.26. The zero-order valence-electron chi connectivity index (χ0n) is 8.36. The maximum atomic E-state index is 9.50. The maximum Gasteiger partial charge on any atom is 0.120 e. The van der Waals surface area contributed by atoms with E-state index in [2.05, 4.69) is 0 Å². The minimum atomic E-state index is 0.358. The molecule has 0 aliphatic carbocycles. The van der Waals surface area contributed by atoms with Gasteiger partial charge in [0.1, 0.15) is 5.75 Å². The molecule has 0 bridgehead atoms. The predicted molar refractivity (Wildman–Crippen MR) is 53.3 cm³/mol. The van der Waals surface area contributed by atoms with Gasteiger partial charge in [-0.3, -0.25) is 0 Å². The number of hydrogen-bond acceptors (Lipinski definition) is 3. The van der Waals surface area contributed by atoms with Gasteiger partial charge in [0.2, 0.25) is 0 Å². The molecule has 0 fully saturated rings. The van der Waals surface area contributed by atoms with E-state index < -0.39 is 0 Å². The van der Waals surface area contributed by atoms with Crippen LogP contribution in [0.25, 0.3) is 0 Å². The van der Waals surface area contributed by atoms with E-state index in [4.69, 9.17) is 0 Å². The highest BCUT2D eigenvalue weighted by Gasteiger charge is 2.04. The van der Waals surface area contributed by atoms with Gasteiger partial charge in [-0.1, -0.05) is 18.2 Å². The number of aromatic hydroxyl groups is 1. The Kier molecular flexibility index (Phi) is 3.28. The average molecular weight is 180 g/mol. The van der Waals surface area contributed by atoms with E-state index in [1.807, 2.05) is 49.4 Å². The van der Waals surface area contributed by atoms with Crippen LogP contribution in [-0.4, -0.2) is 36.3 Å². The molecule has 1 N–H and O–H groups in total. The van der Waals surface area contributed by atoms with Crippen molar-refractivity contribution in [1.82, 2.24) is 10.0 Å². The van der Waals surface area contributed by atoms with Gasteiger partial charge in [0.15, 0.2) is 0 Å². The molecule has 0 aliphatic rings. The summed E-state index contributed by atoms with van der Waals surface area (Å²) in [6, 6.07) is 7.39. The Labute approximate surface area is 79.2 Å². The molecule has 0 saturated carbocycles. The molecule has 0 radical (unpaired) electrons. The van der Waals surface area contributed by atoms with Crippen LogP contribution in [0.3, 0.4) is 0 Å². The smallest absolute Gasteiger partial charge is 0.120 e. The van der Waals surface area contributed by atoms with Gasteiger partial charge < -0.3 is 5.11 Å². The first kappa shape index (κ1) is 10.0. The summed E-state index contributed by atoms with van der Waals surface area (Å²) in [7, 11) is 5.92. The molecule has 1 rings (SSSR count). The molecular formula is C10H16N2O. The van der Waals surface area contributed by atoms with E-state index in [0.717, 1.165) is 12.1 Å². The molecule has 0 aromatic heterocycles. The number of nitrogens with zero attached hydrogens (tertiary/aromatic N) is 2. The van der Waals surface area contributed by atoms with Crippen molar-refractivity contribution in [3.05, 3.63) is 29.8 Å². The van der Waals surface area contributed by atoms with Gasteiger partial charge in [0.05, 0.1) is 0 Å². The van der Waals surface area contributed by atoms with Crippen molar-refractivity contribution < 1.29 is 5.11 Å². The fraction of sp³-hybridized carbons (Fsp3) is 0.400. The number of para-hydroxylation sites is 1. The summed E-state index contributed by atoms with van der Waals surface area (Å²) >= 11 is 0. The number of hydrogen-bond donors (Lipinski definition) is 1. The monoisotopic (exact) mass is 180 g/mol. The lowest BCUT2D eigenvalue weighted by Crippen LogP contribution is -2.32. The Bertz CT molecular complexity index is 273. The highest BCUT2D eigenvalue weighted by molar-refractivity contribution is 5.31. The predicted octanol–water partition coefficient (Wildman–Crippen LogP) is 1.30. The zero-order chi connectivity index (χ0) is 9.84. The van der Waals surface area contributed by atoms with E-state index in [0.29, 0.717) is 5.75 Å². The van der Waals surface area contributed by atoms with Crippen LogP contribution in [0.15, 0.2) is 24.3 Å². The first-order chi connectivity index (χ1) is 6.11. The van der Waals surface area contributed by atoms with Crippen LogP contribution in [0, 0.1) is 0 Å². The number of hydrazine groups is 1. The van der Waals surface area contributed by atoms with Crippen LogP contribution in [0.1, 0.15) is 5.56 Å². The van der Waals surface area contributed by atoms with Gasteiger partial charge in [-0.2, -0.15) is 0 Å².